The molecule has 0 aliphatic carbocycles. The van der Waals surface area contributed by atoms with Crippen molar-refractivity contribution in [2.24, 2.45) is 0 Å². The van der Waals surface area contributed by atoms with Crippen LogP contribution in [-0.2, 0) is 5.60 Å². The van der Waals surface area contributed by atoms with E-state index < -0.39 is 5.60 Å². The first-order chi connectivity index (χ1) is 10.1. The third-order valence-electron chi connectivity index (χ3n) is 3.88. The molecular weight excluding hydrogens is 326 g/mol. The summed E-state index contributed by atoms with van der Waals surface area (Å²) in [6, 6.07) is 17.8. The third-order valence-corrected chi connectivity index (χ3v) is 4.38. The molecule has 3 heteroatoms. The van der Waals surface area contributed by atoms with Gasteiger partial charge in [-0.1, -0.05) is 53.2 Å². The minimum atomic E-state index is -1.03. The van der Waals surface area contributed by atoms with Gasteiger partial charge in [0.15, 0.2) is 0 Å². The van der Waals surface area contributed by atoms with Gasteiger partial charge in [-0.05, 0) is 36.2 Å². The van der Waals surface area contributed by atoms with E-state index in [-0.39, 0.29) is 0 Å². The van der Waals surface area contributed by atoms with E-state index in [2.05, 4.69) is 20.9 Å². The molecule has 1 heterocycles. The predicted molar refractivity (Wildman–Crippen MR) is 89.2 cm³/mol. The fourth-order valence-electron chi connectivity index (χ4n) is 2.62. The number of halogens is 1. The van der Waals surface area contributed by atoms with Crippen LogP contribution in [0.5, 0.6) is 0 Å². The fraction of sp³-hybridized carbons (Fsp3) is 0.167. The second-order valence-corrected chi connectivity index (χ2v) is 6.06. The molecule has 1 aromatic heterocycles. The van der Waals surface area contributed by atoms with Gasteiger partial charge >= 0.3 is 0 Å². The lowest BCUT2D eigenvalue weighted by Gasteiger charge is -2.28. The highest BCUT2D eigenvalue weighted by Crippen LogP contribution is 2.34. The van der Waals surface area contributed by atoms with Crippen molar-refractivity contribution in [1.29, 1.82) is 0 Å². The van der Waals surface area contributed by atoms with Crippen LogP contribution >= 0.6 is 15.9 Å². The molecule has 1 N–H and O–H groups in total. The Bertz CT molecular complexity index is 787. The number of aliphatic hydroxyl groups is 1. The number of fused-ring (bicyclic) bond motifs is 1. The number of aromatic nitrogens is 1. The van der Waals surface area contributed by atoms with Crippen LogP contribution in [-0.4, -0.2) is 10.1 Å². The number of pyridine rings is 1. The standard InChI is InChI=1S/C18H16BrNO/c1-2-18(21,14-7-5-8-16(19)11-14)15-10-13-6-3-4-9-17(13)20-12-15/h3-12,21H,2H2,1H3. The number of hydrogen-bond donors (Lipinski definition) is 1. The Morgan fingerprint density at radius 3 is 2.62 bits per heavy atom. The van der Waals surface area contributed by atoms with E-state index >= 15 is 0 Å². The zero-order valence-electron chi connectivity index (χ0n) is 11.8. The third kappa shape index (κ3) is 2.59. The van der Waals surface area contributed by atoms with Crippen LogP contribution in [0.15, 0.2) is 65.3 Å². The second kappa shape index (κ2) is 5.58. The summed E-state index contributed by atoms with van der Waals surface area (Å²) < 4.78 is 0.959. The molecule has 1 unspecified atom stereocenters. The summed E-state index contributed by atoms with van der Waals surface area (Å²) in [5.41, 5.74) is 1.60. The van der Waals surface area contributed by atoms with Gasteiger partial charge in [-0.15, -0.1) is 0 Å². The predicted octanol–water partition coefficient (Wildman–Crippen LogP) is 4.64. The van der Waals surface area contributed by atoms with E-state index in [9.17, 15) is 5.11 Å². The molecule has 0 fully saturated rings. The zero-order chi connectivity index (χ0) is 14.9. The highest BCUT2D eigenvalue weighted by Gasteiger charge is 2.30. The molecule has 3 aromatic rings. The minimum absolute atomic E-state index is 0.587. The summed E-state index contributed by atoms with van der Waals surface area (Å²) in [7, 11) is 0. The number of nitrogens with zero attached hydrogens (tertiary/aromatic N) is 1. The Morgan fingerprint density at radius 2 is 1.86 bits per heavy atom. The molecule has 21 heavy (non-hydrogen) atoms. The van der Waals surface area contributed by atoms with E-state index in [0.717, 1.165) is 26.5 Å². The van der Waals surface area contributed by atoms with Crippen molar-refractivity contribution in [3.05, 3.63) is 76.4 Å². The van der Waals surface area contributed by atoms with Gasteiger partial charge in [0.1, 0.15) is 5.60 Å². The Hall–Kier alpha value is -1.71. The van der Waals surface area contributed by atoms with Gasteiger partial charge < -0.3 is 5.11 Å². The van der Waals surface area contributed by atoms with Crippen LogP contribution in [0.2, 0.25) is 0 Å². The first-order valence-electron chi connectivity index (χ1n) is 6.97. The summed E-state index contributed by atoms with van der Waals surface area (Å²) in [4.78, 5) is 4.47. The van der Waals surface area contributed by atoms with Crippen LogP contribution in [0.1, 0.15) is 24.5 Å². The lowest BCUT2D eigenvalue weighted by molar-refractivity contribution is 0.0763. The highest BCUT2D eigenvalue weighted by molar-refractivity contribution is 9.10. The van der Waals surface area contributed by atoms with Crippen LogP contribution in [0.3, 0.4) is 0 Å². The molecule has 0 spiro atoms. The molecule has 0 bridgehead atoms. The lowest BCUT2D eigenvalue weighted by Crippen LogP contribution is -2.26. The summed E-state index contributed by atoms with van der Waals surface area (Å²) in [5.74, 6) is 0. The molecule has 1 atom stereocenters. The Morgan fingerprint density at radius 1 is 1.05 bits per heavy atom. The fourth-order valence-corrected chi connectivity index (χ4v) is 3.02. The van der Waals surface area contributed by atoms with Gasteiger partial charge in [0.2, 0.25) is 0 Å². The summed E-state index contributed by atoms with van der Waals surface area (Å²) >= 11 is 3.47. The van der Waals surface area contributed by atoms with Crippen molar-refractivity contribution in [1.82, 2.24) is 4.98 Å². The van der Waals surface area contributed by atoms with Crippen molar-refractivity contribution in [3.63, 3.8) is 0 Å². The molecule has 0 aliphatic rings. The Labute approximate surface area is 132 Å². The molecule has 0 radical (unpaired) electrons. The molecule has 106 valence electrons. The molecule has 0 saturated carbocycles. The number of benzene rings is 2. The van der Waals surface area contributed by atoms with Crippen LogP contribution in [0, 0.1) is 0 Å². The minimum Gasteiger partial charge on any atom is -0.380 e. The maximum Gasteiger partial charge on any atom is 0.116 e. The monoisotopic (exact) mass is 341 g/mol. The van der Waals surface area contributed by atoms with Gasteiger partial charge in [0, 0.05) is 21.6 Å². The van der Waals surface area contributed by atoms with Gasteiger partial charge in [0.25, 0.3) is 0 Å². The summed E-state index contributed by atoms with van der Waals surface area (Å²) in [6.45, 7) is 1.98. The average Bonchev–Trinajstić information content (AvgIpc) is 2.53. The second-order valence-electron chi connectivity index (χ2n) is 5.14. The molecule has 0 saturated heterocycles. The van der Waals surface area contributed by atoms with E-state index in [1.807, 2.05) is 61.5 Å². The van der Waals surface area contributed by atoms with Crippen LogP contribution in [0.25, 0.3) is 10.9 Å². The van der Waals surface area contributed by atoms with Crippen molar-refractivity contribution < 1.29 is 5.11 Å². The van der Waals surface area contributed by atoms with Gasteiger partial charge in [0.05, 0.1) is 5.52 Å². The molecule has 0 aliphatic heterocycles. The largest absolute Gasteiger partial charge is 0.380 e. The molecule has 3 rings (SSSR count). The number of rotatable bonds is 3. The molecular formula is C18H16BrNO. The van der Waals surface area contributed by atoms with Gasteiger partial charge in [-0.3, -0.25) is 4.98 Å². The number of hydrogen-bond acceptors (Lipinski definition) is 2. The molecule has 2 nitrogen and oxygen atoms in total. The molecule has 2 aromatic carbocycles. The van der Waals surface area contributed by atoms with E-state index in [4.69, 9.17) is 0 Å². The summed E-state index contributed by atoms with van der Waals surface area (Å²) in [6.07, 6.45) is 2.36. The quantitative estimate of drug-likeness (QED) is 0.752. The zero-order valence-corrected chi connectivity index (χ0v) is 13.3. The van der Waals surface area contributed by atoms with E-state index in [0.29, 0.717) is 6.42 Å². The SMILES string of the molecule is CCC(O)(c1cccc(Br)c1)c1cnc2ccccc2c1. The van der Waals surface area contributed by atoms with Crippen molar-refractivity contribution in [3.8, 4) is 0 Å². The maximum atomic E-state index is 11.2. The smallest absolute Gasteiger partial charge is 0.116 e. The van der Waals surface area contributed by atoms with E-state index in [1.54, 1.807) is 6.20 Å². The topological polar surface area (TPSA) is 33.1 Å². The van der Waals surface area contributed by atoms with Gasteiger partial charge in [-0.25, -0.2) is 0 Å². The highest BCUT2D eigenvalue weighted by atomic mass is 79.9. The Kier molecular flexibility index (Phi) is 3.79. The normalized spacial score (nSPS) is 14.0. The summed E-state index contributed by atoms with van der Waals surface area (Å²) in [5, 5.41) is 12.2. The lowest BCUT2D eigenvalue weighted by atomic mass is 9.84. The van der Waals surface area contributed by atoms with Crippen molar-refractivity contribution >= 4 is 26.8 Å². The van der Waals surface area contributed by atoms with Crippen molar-refractivity contribution in [2.75, 3.05) is 0 Å². The van der Waals surface area contributed by atoms with Gasteiger partial charge in [-0.2, -0.15) is 0 Å². The van der Waals surface area contributed by atoms with Crippen LogP contribution < -0.4 is 0 Å². The molecule has 0 amide bonds. The van der Waals surface area contributed by atoms with Crippen LogP contribution in [0.4, 0.5) is 0 Å². The maximum absolute atomic E-state index is 11.2. The first-order valence-corrected chi connectivity index (χ1v) is 7.76. The van der Waals surface area contributed by atoms with E-state index in [1.165, 1.54) is 0 Å². The number of para-hydroxylation sites is 1. The average molecular weight is 342 g/mol. The Balaban J connectivity index is 2.16. The van der Waals surface area contributed by atoms with Crippen molar-refractivity contribution in [2.45, 2.75) is 18.9 Å². The first kappa shape index (κ1) is 14.2.